The number of hydrogen-bond acceptors (Lipinski definition) is 3. The third-order valence-electron chi connectivity index (χ3n) is 2.61. The molecule has 1 aromatic rings. The molecule has 7 heteroatoms. The molecule has 1 amide bonds. The Labute approximate surface area is 115 Å². The first-order valence-corrected chi connectivity index (χ1v) is 5.87. The summed E-state index contributed by atoms with van der Waals surface area (Å²) in [6, 6.07) is 2.98. The molecule has 0 fully saturated rings. The second-order valence-corrected chi connectivity index (χ2v) is 4.54. The van der Waals surface area contributed by atoms with Crippen molar-refractivity contribution < 1.29 is 19.1 Å². The number of likely N-dealkylation sites (N-methyl/N-ethyl adjacent to an activating group) is 1. The van der Waals surface area contributed by atoms with E-state index < -0.39 is 23.7 Å². The molecule has 0 aromatic heterocycles. The summed E-state index contributed by atoms with van der Waals surface area (Å²) in [6.07, 6.45) is 0. The maximum absolute atomic E-state index is 13.4. The molecular formula is C12H14ClFN2O3. The van der Waals surface area contributed by atoms with Crippen molar-refractivity contribution in [2.24, 2.45) is 0 Å². The molecule has 1 atom stereocenters. The van der Waals surface area contributed by atoms with Crippen molar-refractivity contribution in [2.75, 3.05) is 18.9 Å². The lowest BCUT2D eigenvalue weighted by atomic mass is 10.3. The minimum atomic E-state index is -1.04. The zero-order valence-electron chi connectivity index (χ0n) is 10.5. The van der Waals surface area contributed by atoms with Gasteiger partial charge in [0.05, 0.1) is 12.2 Å². The maximum Gasteiger partial charge on any atom is 0.320 e. The molecule has 0 spiro atoms. The van der Waals surface area contributed by atoms with E-state index in [1.165, 1.54) is 31.0 Å². The number of rotatable bonds is 5. The van der Waals surface area contributed by atoms with Gasteiger partial charge < -0.3 is 10.4 Å². The maximum atomic E-state index is 13.4. The highest BCUT2D eigenvalue weighted by Gasteiger charge is 2.19. The lowest BCUT2D eigenvalue weighted by molar-refractivity contribution is -0.142. The highest BCUT2D eigenvalue weighted by molar-refractivity contribution is 6.30. The molecule has 2 N–H and O–H groups in total. The van der Waals surface area contributed by atoms with E-state index >= 15 is 0 Å². The first-order chi connectivity index (χ1) is 8.81. The van der Waals surface area contributed by atoms with Crippen LogP contribution in [0.15, 0.2) is 18.2 Å². The molecule has 0 aliphatic carbocycles. The number of amides is 1. The van der Waals surface area contributed by atoms with Crippen molar-refractivity contribution >= 4 is 29.2 Å². The predicted molar refractivity (Wildman–Crippen MR) is 69.8 cm³/mol. The molecule has 104 valence electrons. The SMILES string of the molecule is CC(C(=O)O)N(C)CC(=O)Nc1cc(Cl)ccc1F. The number of carboxylic acid groups (broad SMARTS) is 1. The van der Waals surface area contributed by atoms with E-state index in [9.17, 15) is 14.0 Å². The molecule has 0 saturated carbocycles. The number of aliphatic carboxylic acids is 1. The van der Waals surface area contributed by atoms with Crippen molar-refractivity contribution in [3.63, 3.8) is 0 Å². The largest absolute Gasteiger partial charge is 0.480 e. The molecule has 0 radical (unpaired) electrons. The van der Waals surface area contributed by atoms with Crippen LogP contribution in [0.3, 0.4) is 0 Å². The first kappa shape index (κ1) is 15.4. The standard InChI is InChI=1S/C12H14ClFN2O3/c1-7(12(18)19)16(2)6-11(17)15-10-5-8(13)3-4-9(10)14/h3-5,7H,6H2,1-2H3,(H,15,17)(H,18,19). The predicted octanol–water partition coefficient (Wildman–Crippen LogP) is 1.82. The Hall–Kier alpha value is -1.66. The van der Waals surface area contributed by atoms with Crippen LogP contribution in [-0.4, -0.2) is 41.5 Å². The summed E-state index contributed by atoms with van der Waals surface area (Å²) in [6.45, 7) is 1.29. The van der Waals surface area contributed by atoms with Crippen LogP contribution in [0.5, 0.6) is 0 Å². The van der Waals surface area contributed by atoms with Gasteiger partial charge in [-0.3, -0.25) is 14.5 Å². The van der Waals surface area contributed by atoms with E-state index in [0.29, 0.717) is 5.02 Å². The van der Waals surface area contributed by atoms with E-state index in [0.717, 1.165) is 6.07 Å². The quantitative estimate of drug-likeness (QED) is 0.867. The minimum Gasteiger partial charge on any atom is -0.480 e. The van der Waals surface area contributed by atoms with Crippen LogP contribution in [0, 0.1) is 5.82 Å². The van der Waals surface area contributed by atoms with Crippen LogP contribution < -0.4 is 5.32 Å². The van der Waals surface area contributed by atoms with Gasteiger partial charge in [0.25, 0.3) is 0 Å². The van der Waals surface area contributed by atoms with Crippen molar-refractivity contribution in [3.8, 4) is 0 Å². The summed E-state index contributed by atoms with van der Waals surface area (Å²) in [4.78, 5) is 23.7. The van der Waals surface area contributed by atoms with E-state index in [2.05, 4.69) is 5.32 Å². The van der Waals surface area contributed by atoms with Gasteiger partial charge >= 0.3 is 5.97 Å². The van der Waals surface area contributed by atoms with Crippen LogP contribution >= 0.6 is 11.6 Å². The summed E-state index contributed by atoms with van der Waals surface area (Å²) >= 11 is 5.69. The zero-order chi connectivity index (χ0) is 14.6. The smallest absolute Gasteiger partial charge is 0.320 e. The molecule has 1 unspecified atom stereocenters. The van der Waals surface area contributed by atoms with Gasteiger partial charge in [0.2, 0.25) is 5.91 Å². The Morgan fingerprint density at radius 2 is 2.16 bits per heavy atom. The average molecular weight is 289 g/mol. The van der Waals surface area contributed by atoms with Crippen molar-refractivity contribution in [1.82, 2.24) is 4.90 Å². The Morgan fingerprint density at radius 3 is 2.74 bits per heavy atom. The van der Waals surface area contributed by atoms with Crippen molar-refractivity contribution in [3.05, 3.63) is 29.0 Å². The molecule has 0 saturated heterocycles. The number of anilines is 1. The summed E-state index contributed by atoms with van der Waals surface area (Å²) in [5.41, 5.74) is -0.0334. The van der Waals surface area contributed by atoms with Gasteiger partial charge in [0.1, 0.15) is 11.9 Å². The third-order valence-corrected chi connectivity index (χ3v) is 2.85. The van der Waals surface area contributed by atoms with E-state index in [4.69, 9.17) is 16.7 Å². The number of carboxylic acids is 1. The van der Waals surface area contributed by atoms with Crippen LogP contribution in [0.1, 0.15) is 6.92 Å². The molecule has 5 nitrogen and oxygen atoms in total. The Kier molecular flexibility index (Phi) is 5.26. The number of nitrogens with zero attached hydrogens (tertiary/aromatic N) is 1. The lowest BCUT2D eigenvalue weighted by Gasteiger charge is -2.20. The Bertz CT molecular complexity index is 496. The lowest BCUT2D eigenvalue weighted by Crippen LogP contribution is -2.40. The Morgan fingerprint density at radius 1 is 1.53 bits per heavy atom. The summed E-state index contributed by atoms with van der Waals surface area (Å²) in [5, 5.41) is 11.4. The molecule has 0 aliphatic rings. The first-order valence-electron chi connectivity index (χ1n) is 5.49. The Balaban J connectivity index is 2.65. The van der Waals surface area contributed by atoms with Gasteiger partial charge in [0.15, 0.2) is 0 Å². The van der Waals surface area contributed by atoms with Gasteiger partial charge in [-0.15, -0.1) is 0 Å². The number of halogens is 2. The van der Waals surface area contributed by atoms with E-state index in [1.54, 1.807) is 0 Å². The fraction of sp³-hybridized carbons (Fsp3) is 0.333. The minimum absolute atomic E-state index is 0.0334. The van der Waals surface area contributed by atoms with Gasteiger partial charge in [-0.25, -0.2) is 4.39 Å². The van der Waals surface area contributed by atoms with Gasteiger partial charge in [0, 0.05) is 5.02 Å². The fourth-order valence-electron chi connectivity index (χ4n) is 1.34. The zero-order valence-corrected chi connectivity index (χ0v) is 11.2. The molecule has 0 bridgehead atoms. The van der Waals surface area contributed by atoms with Crippen molar-refractivity contribution in [2.45, 2.75) is 13.0 Å². The van der Waals surface area contributed by atoms with Crippen LogP contribution in [0.2, 0.25) is 5.02 Å². The molecule has 19 heavy (non-hydrogen) atoms. The molecule has 1 aromatic carbocycles. The second kappa shape index (κ2) is 6.49. The van der Waals surface area contributed by atoms with Crippen LogP contribution in [0.25, 0.3) is 0 Å². The molecule has 0 aliphatic heterocycles. The number of benzene rings is 1. The van der Waals surface area contributed by atoms with E-state index in [-0.39, 0.29) is 12.2 Å². The van der Waals surface area contributed by atoms with E-state index in [1.807, 2.05) is 0 Å². The molecular weight excluding hydrogens is 275 g/mol. The number of carbonyl (C=O) groups is 2. The molecule has 1 rings (SSSR count). The van der Waals surface area contributed by atoms with Crippen molar-refractivity contribution in [1.29, 1.82) is 0 Å². The number of carbonyl (C=O) groups excluding carboxylic acids is 1. The van der Waals surface area contributed by atoms with Gasteiger partial charge in [-0.2, -0.15) is 0 Å². The highest BCUT2D eigenvalue weighted by Crippen LogP contribution is 2.19. The topological polar surface area (TPSA) is 69.6 Å². The monoisotopic (exact) mass is 288 g/mol. The third kappa shape index (κ3) is 4.50. The summed E-state index contributed by atoms with van der Waals surface area (Å²) in [7, 11) is 1.49. The summed E-state index contributed by atoms with van der Waals surface area (Å²) in [5.74, 6) is -2.16. The molecule has 0 heterocycles. The van der Waals surface area contributed by atoms with Gasteiger partial charge in [-0.05, 0) is 32.2 Å². The fourth-order valence-corrected chi connectivity index (χ4v) is 1.51. The highest BCUT2D eigenvalue weighted by atomic mass is 35.5. The van der Waals surface area contributed by atoms with Crippen LogP contribution in [0.4, 0.5) is 10.1 Å². The summed E-state index contributed by atoms with van der Waals surface area (Å²) < 4.78 is 13.4. The average Bonchev–Trinajstić information content (AvgIpc) is 2.32. The normalized spacial score (nSPS) is 12.3. The second-order valence-electron chi connectivity index (χ2n) is 4.10. The van der Waals surface area contributed by atoms with Gasteiger partial charge in [-0.1, -0.05) is 11.6 Å². The number of hydrogen-bond donors (Lipinski definition) is 2. The number of nitrogens with one attached hydrogen (secondary N) is 1. The van der Waals surface area contributed by atoms with Crippen LogP contribution in [-0.2, 0) is 9.59 Å².